The van der Waals surface area contributed by atoms with E-state index in [1.54, 1.807) is 6.07 Å². The van der Waals surface area contributed by atoms with Crippen LogP contribution in [0.1, 0.15) is 47.6 Å². The Balaban J connectivity index is 1.75. The van der Waals surface area contributed by atoms with E-state index in [0.717, 1.165) is 48.4 Å². The van der Waals surface area contributed by atoms with Crippen LogP contribution in [0, 0.1) is 6.92 Å². The summed E-state index contributed by atoms with van der Waals surface area (Å²) in [6.07, 6.45) is 1.93. The lowest BCUT2D eigenvalue weighted by molar-refractivity contribution is 0.0727. The molecule has 0 spiro atoms. The van der Waals surface area contributed by atoms with Gasteiger partial charge in [0.15, 0.2) is 0 Å². The molecule has 134 valence electrons. The number of fused-ring (bicyclic) bond motifs is 1. The normalized spacial score (nSPS) is 17.2. The average Bonchev–Trinajstić information content (AvgIpc) is 3.26. The molecule has 3 aromatic rings. The van der Waals surface area contributed by atoms with Crippen LogP contribution in [-0.2, 0) is 6.54 Å². The number of imidazole rings is 1. The molecule has 1 saturated heterocycles. The number of nitrogens with zero attached hydrogens (tertiary/aromatic N) is 3. The molecule has 1 aliphatic heterocycles. The molecule has 0 bridgehead atoms. The second-order valence-electron chi connectivity index (χ2n) is 6.93. The van der Waals surface area contributed by atoms with Crippen LogP contribution in [0.3, 0.4) is 0 Å². The number of para-hydroxylation sites is 2. The highest BCUT2D eigenvalue weighted by molar-refractivity contribution is 5.97. The van der Waals surface area contributed by atoms with Crippen LogP contribution in [0.4, 0.5) is 5.69 Å². The first-order valence-electron chi connectivity index (χ1n) is 9.22. The Morgan fingerprint density at radius 1 is 1.27 bits per heavy atom. The van der Waals surface area contributed by atoms with Gasteiger partial charge in [-0.2, -0.15) is 0 Å². The summed E-state index contributed by atoms with van der Waals surface area (Å²) < 4.78 is 2.23. The van der Waals surface area contributed by atoms with Crippen LogP contribution >= 0.6 is 0 Å². The molecule has 5 heteroatoms. The second-order valence-corrected chi connectivity index (χ2v) is 6.93. The van der Waals surface area contributed by atoms with Gasteiger partial charge < -0.3 is 15.2 Å². The predicted octanol–water partition coefficient (Wildman–Crippen LogP) is 3.92. The van der Waals surface area contributed by atoms with Gasteiger partial charge in [0.2, 0.25) is 0 Å². The Kier molecular flexibility index (Phi) is 4.15. The van der Waals surface area contributed by atoms with Crippen molar-refractivity contribution in [3.05, 3.63) is 59.4 Å². The monoisotopic (exact) mass is 348 g/mol. The number of hydrogen-bond acceptors (Lipinski definition) is 3. The van der Waals surface area contributed by atoms with Crippen molar-refractivity contribution < 1.29 is 4.79 Å². The molecular weight excluding hydrogens is 324 g/mol. The third-order valence-corrected chi connectivity index (χ3v) is 5.30. The van der Waals surface area contributed by atoms with E-state index in [0.29, 0.717) is 11.3 Å². The van der Waals surface area contributed by atoms with Gasteiger partial charge in [-0.25, -0.2) is 4.98 Å². The molecule has 0 aliphatic carbocycles. The number of carbonyl (C=O) groups excluding carboxylic acids is 1. The highest BCUT2D eigenvalue weighted by Gasteiger charge is 2.34. The molecule has 4 rings (SSSR count). The zero-order valence-corrected chi connectivity index (χ0v) is 15.3. The zero-order valence-electron chi connectivity index (χ0n) is 15.3. The van der Waals surface area contributed by atoms with Crippen molar-refractivity contribution in [2.24, 2.45) is 0 Å². The molecule has 1 fully saturated rings. The molecule has 0 saturated carbocycles. The lowest BCUT2D eigenvalue weighted by Gasteiger charge is -2.25. The van der Waals surface area contributed by atoms with Crippen LogP contribution in [0.15, 0.2) is 42.5 Å². The van der Waals surface area contributed by atoms with E-state index in [2.05, 4.69) is 17.6 Å². The molecule has 1 aromatic heterocycles. The van der Waals surface area contributed by atoms with Crippen LogP contribution in [0.2, 0.25) is 0 Å². The summed E-state index contributed by atoms with van der Waals surface area (Å²) in [6, 6.07) is 13.7. The second kappa shape index (κ2) is 6.48. The quantitative estimate of drug-likeness (QED) is 0.730. The number of benzene rings is 2. The number of carbonyl (C=O) groups is 1. The minimum absolute atomic E-state index is 0.00989. The van der Waals surface area contributed by atoms with E-state index in [9.17, 15) is 4.79 Å². The van der Waals surface area contributed by atoms with Gasteiger partial charge in [-0.15, -0.1) is 0 Å². The molecule has 0 radical (unpaired) electrons. The maximum Gasteiger partial charge on any atom is 0.254 e. The predicted molar refractivity (Wildman–Crippen MR) is 104 cm³/mol. The first-order valence-corrected chi connectivity index (χ1v) is 9.22. The first kappa shape index (κ1) is 16.6. The minimum atomic E-state index is 0.00989. The van der Waals surface area contributed by atoms with Crippen molar-refractivity contribution in [3.63, 3.8) is 0 Å². The fraction of sp³-hybridized carbons (Fsp3) is 0.333. The molecule has 1 amide bonds. The summed E-state index contributed by atoms with van der Waals surface area (Å²) in [5.41, 5.74) is 10.3. The van der Waals surface area contributed by atoms with Gasteiger partial charge in [-0.1, -0.05) is 18.2 Å². The largest absolute Gasteiger partial charge is 0.399 e. The van der Waals surface area contributed by atoms with Gasteiger partial charge in [-0.3, -0.25) is 4.79 Å². The fourth-order valence-corrected chi connectivity index (χ4v) is 3.98. The lowest BCUT2D eigenvalue weighted by Crippen LogP contribution is -2.32. The number of anilines is 1. The summed E-state index contributed by atoms with van der Waals surface area (Å²) in [6.45, 7) is 5.68. The van der Waals surface area contributed by atoms with Crippen molar-refractivity contribution in [2.75, 3.05) is 12.3 Å². The number of nitrogen functional groups attached to an aromatic ring is 1. The number of likely N-dealkylation sites (tertiary alicyclic amines) is 1. The van der Waals surface area contributed by atoms with Gasteiger partial charge in [-0.05, 0) is 56.5 Å². The molecule has 1 atom stereocenters. The topological polar surface area (TPSA) is 64.2 Å². The zero-order chi connectivity index (χ0) is 18.3. The van der Waals surface area contributed by atoms with Gasteiger partial charge in [0.05, 0.1) is 17.1 Å². The maximum atomic E-state index is 13.3. The number of aryl methyl sites for hydroxylation is 2. The molecule has 26 heavy (non-hydrogen) atoms. The molecule has 5 nitrogen and oxygen atoms in total. The van der Waals surface area contributed by atoms with Gasteiger partial charge >= 0.3 is 0 Å². The molecule has 2 N–H and O–H groups in total. The summed E-state index contributed by atoms with van der Waals surface area (Å²) in [7, 11) is 0. The van der Waals surface area contributed by atoms with Crippen molar-refractivity contribution in [1.29, 1.82) is 0 Å². The van der Waals surface area contributed by atoms with Crippen molar-refractivity contribution >= 4 is 22.6 Å². The molecule has 2 heterocycles. The van der Waals surface area contributed by atoms with Gasteiger partial charge in [0.25, 0.3) is 5.91 Å². The van der Waals surface area contributed by atoms with Gasteiger partial charge in [0.1, 0.15) is 5.82 Å². The van der Waals surface area contributed by atoms with Crippen LogP contribution in [-0.4, -0.2) is 26.9 Å². The van der Waals surface area contributed by atoms with Crippen molar-refractivity contribution in [3.8, 4) is 0 Å². The Hall–Kier alpha value is -2.82. The fourth-order valence-electron chi connectivity index (χ4n) is 3.98. The molecular formula is C21H24N4O. The molecule has 1 aliphatic rings. The number of hydrogen-bond donors (Lipinski definition) is 1. The first-order chi connectivity index (χ1) is 12.6. The summed E-state index contributed by atoms with van der Waals surface area (Å²) in [5, 5.41) is 0. The van der Waals surface area contributed by atoms with Crippen LogP contribution in [0.5, 0.6) is 0 Å². The Morgan fingerprint density at radius 2 is 2.08 bits per heavy atom. The smallest absolute Gasteiger partial charge is 0.254 e. The summed E-state index contributed by atoms with van der Waals surface area (Å²) in [4.78, 5) is 20.1. The molecule has 1 unspecified atom stereocenters. The average molecular weight is 348 g/mol. The minimum Gasteiger partial charge on any atom is -0.399 e. The lowest BCUT2D eigenvalue weighted by atomic mass is 10.1. The number of rotatable bonds is 3. The Labute approximate surface area is 153 Å². The highest BCUT2D eigenvalue weighted by atomic mass is 16.2. The standard InChI is InChI=1S/C21H24N4O/c1-3-24-18-8-5-4-7-17(18)23-20(24)19-9-6-12-25(19)21(26)16-13-15(22)11-10-14(16)2/h4-5,7-8,10-11,13,19H,3,6,9,12,22H2,1-2H3. The number of nitrogens with two attached hydrogens (primary N) is 1. The summed E-state index contributed by atoms with van der Waals surface area (Å²) in [5.74, 6) is 1.04. The van der Waals surface area contributed by atoms with Crippen LogP contribution in [0.25, 0.3) is 11.0 Å². The van der Waals surface area contributed by atoms with E-state index in [1.807, 2.05) is 42.2 Å². The maximum absolute atomic E-state index is 13.3. The summed E-state index contributed by atoms with van der Waals surface area (Å²) >= 11 is 0. The Bertz CT molecular complexity index is 975. The van der Waals surface area contributed by atoms with E-state index < -0.39 is 0 Å². The third-order valence-electron chi connectivity index (χ3n) is 5.30. The van der Waals surface area contributed by atoms with Crippen molar-refractivity contribution in [1.82, 2.24) is 14.5 Å². The Morgan fingerprint density at radius 3 is 2.88 bits per heavy atom. The number of amides is 1. The third kappa shape index (κ3) is 2.64. The van der Waals surface area contributed by atoms with Crippen LogP contribution < -0.4 is 5.73 Å². The molecule has 2 aromatic carbocycles. The van der Waals surface area contributed by atoms with E-state index in [1.165, 1.54) is 0 Å². The van der Waals surface area contributed by atoms with E-state index in [4.69, 9.17) is 10.7 Å². The SMILES string of the molecule is CCn1c(C2CCCN2C(=O)c2cc(N)ccc2C)nc2ccccc21. The van der Waals surface area contributed by atoms with Gasteiger partial charge in [0, 0.05) is 24.3 Å². The van der Waals surface area contributed by atoms with E-state index in [-0.39, 0.29) is 11.9 Å². The van der Waals surface area contributed by atoms with Crippen molar-refractivity contribution in [2.45, 2.75) is 39.3 Å². The highest BCUT2D eigenvalue weighted by Crippen LogP contribution is 2.35. The number of aromatic nitrogens is 2. The van der Waals surface area contributed by atoms with E-state index >= 15 is 0 Å².